The summed E-state index contributed by atoms with van der Waals surface area (Å²) in [5.74, 6) is 1.11. The molecule has 7 nitrogen and oxygen atoms in total. The van der Waals surface area contributed by atoms with E-state index in [0.29, 0.717) is 11.5 Å². The quantitative estimate of drug-likeness (QED) is 0.611. The van der Waals surface area contributed by atoms with Gasteiger partial charge in [-0.25, -0.2) is 0 Å². The Morgan fingerprint density at radius 3 is 2.39 bits per heavy atom. The molecule has 1 heterocycles. The average Bonchev–Trinajstić information content (AvgIpc) is 2.58. The zero-order valence-corrected chi connectivity index (χ0v) is 12.9. The predicted octanol–water partition coefficient (Wildman–Crippen LogP) is 0.0842. The highest BCUT2D eigenvalue weighted by atomic mass is 16.7. The molecule has 0 bridgehead atoms. The zero-order chi connectivity index (χ0) is 16.8. The number of hydrogen-bond donors (Lipinski definition) is 3. The number of benzene rings is 1. The van der Waals surface area contributed by atoms with Gasteiger partial charge in [-0.05, 0) is 24.3 Å². The number of hydrogen-bond acceptors (Lipinski definition) is 7. The van der Waals surface area contributed by atoms with Gasteiger partial charge in [0.05, 0.1) is 20.3 Å². The van der Waals surface area contributed by atoms with Crippen LogP contribution in [0, 0.1) is 0 Å². The van der Waals surface area contributed by atoms with Crippen LogP contribution >= 0.6 is 0 Å². The first kappa shape index (κ1) is 17.7. The monoisotopic (exact) mass is 326 g/mol. The lowest BCUT2D eigenvalue weighted by atomic mass is 9.99. The molecule has 0 aliphatic carbocycles. The van der Waals surface area contributed by atoms with E-state index in [-0.39, 0.29) is 6.61 Å². The standard InChI is InChI=1S/C16H22O7/c1-3-8-21-15-13(18)12(9-17)23-16(14(15)19)22-11-6-4-10(20-2)5-7-11/h3-7,12-19H,1,8-9H2,2H3/t12-,13+,14-,15+,16-/m1/s1. The number of methoxy groups -OCH3 is 1. The first-order chi connectivity index (χ1) is 11.1. The summed E-state index contributed by atoms with van der Waals surface area (Å²) < 4.78 is 21.5. The van der Waals surface area contributed by atoms with Crippen LogP contribution < -0.4 is 9.47 Å². The van der Waals surface area contributed by atoms with Gasteiger partial charge in [-0.1, -0.05) is 6.08 Å². The minimum atomic E-state index is -1.23. The fourth-order valence-electron chi connectivity index (χ4n) is 2.31. The molecule has 1 aromatic carbocycles. The molecule has 0 aromatic heterocycles. The summed E-state index contributed by atoms with van der Waals surface area (Å²) in [4.78, 5) is 0. The van der Waals surface area contributed by atoms with Gasteiger partial charge in [-0.2, -0.15) is 0 Å². The summed E-state index contributed by atoms with van der Waals surface area (Å²) in [7, 11) is 1.55. The lowest BCUT2D eigenvalue weighted by Crippen LogP contribution is -2.61. The van der Waals surface area contributed by atoms with Crippen LogP contribution in [0.5, 0.6) is 11.5 Å². The van der Waals surface area contributed by atoms with E-state index in [0.717, 1.165) is 0 Å². The van der Waals surface area contributed by atoms with Crippen molar-refractivity contribution in [3.63, 3.8) is 0 Å². The van der Waals surface area contributed by atoms with Crippen LogP contribution in [-0.2, 0) is 9.47 Å². The molecular formula is C16H22O7. The maximum absolute atomic E-state index is 10.3. The van der Waals surface area contributed by atoms with Crippen molar-refractivity contribution in [2.75, 3.05) is 20.3 Å². The summed E-state index contributed by atoms with van der Waals surface area (Å²) >= 11 is 0. The molecule has 0 saturated carbocycles. The Morgan fingerprint density at radius 2 is 1.83 bits per heavy atom. The molecular weight excluding hydrogens is 304 g/mol. The maximum atomic E-state index is 10.3. The van der Waals surface area contributed by atoms with Crippen molar-refractivity contribution in [3.8, 4) is 11.5 Å². The van der Waals surface area contributed by atoms with Crippen LogP contribution in [0.1, 0.15) is 0 Å². The van der Waals surface area contributed by atoms with E-state index in [2.05, 4.69) is 6.58 Å². The molecule has 0 unspecified atom stereocenters. The van der Waals surface area contributed by atoms with Crippen LogP contribution in [0.25, 0.3) is 0 Å². The van der Waals surface area contributed by atoms with Crippen molar-refractivity contribution in [1.82, 2.24) is 0 Å². The second-order valence-corrected chi connectivity index (χ2v) is 5.09. The molecule has 1 aliphatic heterocycles. The smallest absolute Gasteiger partial charge is 0.229 e. The molecule has 2 rings (SSSR count). The van der Waals surface area contributed by atoms with E-state index in [1.807, 2.05) is 0 Å². The van der Waals surface area contributed by atoms with E-state index < -0.39 is 37.3 Å². The van der Waals surface area contributed by atoms with E-state index in [4.69, 9.17) is 18.9 Å². The lowest BCUT2D eigenvalue weighted by Gasteiger charge is -2.41. The minimum absolute atomic E-state index is 0.145. The Labute approximate surface area is 134 Å². The molecule has 1 saturated heterocycles. The normalized spacial score (nSPS) is 30.7. The Hall–Kier alpha value is -1.64. The van der Waals surface area contributed by atoms with Crippen molar-refractivity contribution in [2.45, 2.75) is 30.7 Å². The van der Waals surface area contributed by atoms with Crippen LogP contribution in [0.3, 0.4) is 0 Å². The van der Waals surface area contributed by atoms with Crippen LogP contribution in [0.4, 0.5) is 0 Å². The van der Waals surface area contributed by atoms with Crippen molar-refractivity contribution in [3.05, 3.63) is 36.9 Å². The summed E-state index contributed by atoms with van der Waals surface area (Å²) in [5.41, 5.74) is 0. The highest BCUT2D eigenvalue weighted by Crippen LogP contribution is 2.27. The molecule has 1 aliphatic rings. The molecule has 0 spiro atoms. The Balaban J connectivity index is 2.10. The topological polar surface area (TPSA) is 97.6 Å². The van der Waals surface area contributed by atoms with Gasteiger partial charge in [0.15, 0.2) is 0 Å². The van der Waals surface area contributed by atoms with Gasteiger partial charge >= 0.3 is 0 Å². The van der Waals surface area contributed by atoms with E-state index in [9.17, 15) is 15.3 Å². The van der Waals surface area contributed by atoms with Gasteiger partial charge in [-0.3, -0.25) is 0 Å². The average molecular weight is 326 g/mol. The summed E-state index contributed by atoms with van der Waals surface area (Å²) in [6.45, 7) is 3.24. The van der Waals surface area contributed by atoms with Gasteiger partial charge in [0.1, 0.15) is 35.9 Å². The summed E-state index contributed by atoms with van der Waals surface area (Å²) in [6.07, 6.45) is -3.86. The summed E-state index contributed by atoms with van der Waals surface area (Å²) in [5, 5.41) is 29.8. The molecule has 23 heavy (non-hydrogen) atoms. The summed E-state index contributed by atoms with van der Waals surface area (Å²) in [6, 6.07) is 6.73. The third kappa shape index (κ3) is 4.21. The van der Waals surface area contributed by atoms with Crippen LogP contribution in [0.2, 0.25) is 0 Å². The van der Waals surface area contributed by atoms with Crippen molar-refractivity contribution < 1.29 is 34.3 Å². The molecule has 1 fully saturated rings. The molecule has 1 aromatic rings. The van der Waals surface area contributed by atoms with Gasteiger partial charge in [-0.15, -0.1) is 6.58 Å². The second kappa shape index (κ2) is 8.28. The third-order valence-corrected chi connectivity index (χ3v) is 3.54. The van der Waals surface area contributed by atoms with Gasteiger partial charge in [0, 0.05) is 0 Å². The largest absolute Gasteiger partial charge is 0.497 e. The van der Waals surface area contributed by atoms with Crippen molar-refractivity contribution in [2.24, 2.45) is 0 Å². The second-order valence-electron chi connectivity index (χ2n) is 5.09. The zero-order valence-electron chi connectivity index (χ0n) is 12.9. The van der Waals surface area contributed by atoms with Gasteiger partial charge in [0.2, 0.25) is 6.29 Å². The Bertz CT molecular complexity index is 490. The molecule has 5 atom stereocenters. The minimum Gasteiger partial charge on any atom is -0.497 e. The Morgan fingerprint density at radius 1 is 1.17 bits per heavy atom. The van der Waals surface area contributed by atoms with Gasteiger partial charge in [0.25, 0.3) is 0 Å². The highest BCUT2D eigenvalue weighted by Gasteiger charge is 2.46. The number of aliphatic hydroxyl groups excluding tert-OH is 3. The molecule has 7 heteroatoms. The lowest BCUT2D eigenvalue weighted by molar-refractivity contribution is -0.284. The maximum Gasteiger partial charge on any atom is 0.229 e. The van der Waals surface area contributed by atoms with Crippen LogP contribution in [0.15, 0.2) is 36.9 Å². The molecule has 3 N–H and O–H groups in total. The van der Waals surface area contributed by atoms with E-state index in [1.54, 1.807) is 31.4 Å². The SMILES string of the molecule is C=CCO[C@H]1[C@@H](O)[C@@H](CO)O[C@@H](Oc2ccc(OC)cc2)[C@@H]1O. The third-order valence-electron chi connectivity index (χ3n) is 3.54. The highest BCUT2D eigenvalue weighted by molar-refractivity contribution is 5.31. The Kier molecular flexibility index (Phi) is 6.37. The van der Waals surface area contributed by atoms with Gasteiger partial charge < -0.3 is 34.3 Å². The van der Waals surface area contributed by atoms with Crippen molar-refractivity contribution >= 4 is 0 Å². The van der Waals surface area contributed by atoms with E-state index in [1.165, 1.54) is 6.08 Å². The number of ether oxygens (including phenoxy) is 4. The van der Waals surface area contributed by atoms with E-state index >= 15 is 0 Å². The molecule has 128 valence electrons. The molecule has 0 amide bonds. The van der Waals surface area contributed by atoms with Crippen LogP contribution in [-0.4, -0.2) is 66.3 Å². The fourth-order valence-corrected chi connectivity index (χ4v) is 2.31. The van der Waals surface area contributed by atoms with Crippen molar-refractivity contribution in [1.29, 1.82) is 0 Å². The molecule has 0 radical (unpaired) electrons. The fraction of sp³-hybridized carbons (Fsp3) is 0.500. The number of rotatable bonds is 7. The number of aliphatic hydroxyl groups is 3. The predicted molar refractivity (Wildman–Crippen MR) is 81.3 cm³/mol. The first-order valence-electron chi connectivity index (χ1n) is 7.26. The first-order valence-corrected chi connectivity index (χ1v) is 7.26.